The van der Waals surface area contributed by atoms with E-state index in [1.807, 2.05) is 37.3 Å². The molecule has 0 N–H and O–H groups in total. The Morgan fingerprint density at radius 2 is 1.78 bits per heavy atom. The van der Waals surface area contributed by atoms with Gasteiger partial charge in [0.15, 0.2) is 0 Å². The molecule has 0 radical (unpaired) electrons. The molecule has 0 amide bonds. The largest absolute Gasteiger partial charge is 0.303 e. The van der Waals surface area contributed by atoms with Crippen molar-refractivity contribution in [3.05, 3.63) is 65.5 Å². The smallest absolute Gasteiger partial charge is 0.120 e. The first-order chi connectivity index (χ1) is 8.74. The van der Waals surface area contributed by atoms with E-state index in [9.17, 15) is 4.79 Å². The molecule has 2 rings (SSSR count). The van der Waals surface area contributed by atoms with Crippen LogP contribution in [0.15, 0.2) is 48.7 Å². The van der Waals surface area contributed by atoms with Crippen molar-refractivity contribution >= 4 is 6.29 Å². The van der Waals surface area contributed by atoms with Crippen LogP contribution in [0.25, 0.3) is 0 Å². The maximum Gasteiger partial charge on any atom is 0.120 e. The van der Waals surface area contributed by atoms with Gasteiger partial charge in [-0.05, 0) is 43.5 Å². The highest BCUT2D eigenvalue weighted by Gasteiger charge is 1.94. The van der Waals surface area contributed by atoms with E-state index in [0.29, 0.717) is 6.42 Å². The van der Waals surface area contributed by atoms with E-state index >= 15 is 0 Å². The SMILES string of the molecule is Cc1ccccc1CCC=O.Cc1ccccn1. The molecule has 1 heterocycles. The van der Waals surface area contributed by atoms with Gasteiger partial charge in [-0.3, -0.25) is 4.98 Å². The van der Waals surface area contributed by atoms with Crippen LogP contribution in [0.5, 0.6) is 0 Å². The van der Waals surface area contributed by atoms with E-state index < -0.39 is 0 Å². The first-order valence-corrected chi connectivity index (χ1v) is 6.10. The summed E-state index contributed by atoms with van der Waals surface area (Å²) in [5.41, 5.74) is 3.62. The number of aromatic nitrogens is 1. The van der Waals surface area contributed by atoms with Gasteiger partial charge in [-0.2, -0.15) is 0 Å². The Morgan fingerprint density at radius 1 is 1.06 bits per heavy atom. The van der Waals surface area contributed by atoms with Gasteiger partial charge < -0.3 is 4.79 Å². The summed E-state index contributed by atoms with van der Waals surface area (Å²) in [6.07, 6.45) is 4.25. The number of rotatable bonds is 3. The van der Waals surface area contributed by atoms with Crippen molar-refractivity contribution in [1.82, 2.24) is 4.98 Å². The summed E-state index contributed by atoms with van der Waals surface area (Å²) in [5.74, 6) is 0. The number of carbonyl (C=O) groups is 1. The molecule has 94 valence electrons. The van der Waals surface area contributed by atoms with Crippen LogP contribution in [-0.4, -0.2) is 11.3 Å². The van der Waals surface area contributed by atoms with Crippen LogP contribution >= 0.6 is 0 Å². The van der Waals surface area contributed by atoms with Gasteiger partial charge >= 0.3 is 0 Å². The van der Waals surface area contributed by atoms with E-state index in [2.05, 4.69) is 24.0 Å². The molecule has 18 heavy (non-hydrogen) atoms. The van der Waals surface area contributed by atoms with E-state index in [-0.39, 0.29) is 0 Å². The average molecular weight is 241 g/mol. The monoisotopic (exact) mass is 241 g/mol. The summed E-state index contributed by atoms with van der Waals surface area (Å²) in [6.45, 7) is 4.04. The molecule has 0 bridgehead atoms. The summed E-state index contributed by atoms with van der Waals surface area (Å²) >= 11 is 0. The first kappa shape index (κ1) is 14.1. The molecule has 0 fully saturated rings. The van der Waals surface area contributed by atoms with Crippen molar-refractivity contribution in [3.8, 4) is 0 Å². The normalized spacial score (nSPS) is 9.22. The van der Waals surface area contributed by atoms with E-state index in [1.54, 1.807) is 6.20 Å². The third-order valence-corrected chi connectivity index (χ3v) is 2.61. The molecule has 0 atom stereocenters. The number of aldehydes is 1. The Morgan fingerprint density at radius 3 is 2.28 bits per heavy atom. The lowest BCUT2D eigenvalue weighted by molar-refractivity contribution is -0.107. The minimum atomic E-state index is 0.630. The lowest BCUT2D eigenvalue weighted by Gasteiger charge is -2.00. The van der Waals surface area contributed by atoms with Crippen molar-refractivity contribution in [2.75, 3.05) is 0 Å². The van der Waals surface area contributed by atoms with Crippen molar-refractivity contribution in [2.24, 2.45) is 0 Å². The summed E-state index contributed by atoms with van der Waals surface area (Å²) in [6, 6.07) is 14.0. The van der Waals surface area contributed by atoms with Gasteiger partial charge in [-0.1, -0.05) is 30.3 Å². The number of benzene rings is 1. The second-order valence-corrected chi connectivity index (χ2v) is 4.10. The summed E-state index contributed by atoms with van der Waals surface area (Å²) < 4.78 is 0. The zero-order valence-electron chi connectivity index (χ0n) is 11.0. The van der Waals surface area contributed by atoms with Gasteiger partial charge in [0.05, 0.1) is 0 Å². The number of carbonyl (C=O) groups excluding carboxylic acids is 1. The molecule has 0 aliphatic rings. The number of hydrogen-bond acceptors (Lipinski definition) is 2. The molecule has 0 spiro atoms. The van der Waals surface area contributed by atoms with Gasteiger partial charge in [-0.25, -0.2) is 0 Å². The van der Waals surface area contributed by atoms with Crippen molar-refractivity contribution in [3.63, 3.8) is 0 Å². The number of pyridine rings is 1. The van der Waals surface area contributed by atoms with E-state index in [4.69, 9.17) is 0 Å². The Labute approximate surface area is 109 Å². The van der Waals surface area contributed by atoms with Crippen LogP contribution < -0.4 is 0 Å². The Balaban J connectivity index is 0.000000199. The van der Waals surface area contributed by atoms with Crippen molar-refractivity contribution < 1.29 is 4.79 Å². The van der Waals surface area contributed by atoms with Gasteiger partial charge in [-0.15, -0.1) is 0 Å². The summed E-state index contributed by atoms with van der Waals surface area (Å²) in [4.78, 5) is 14.1. The molecular formula is C16H19NO. The van der Waals surface area contributed by atoms with E-state index in [1.165, 1.54) is 11.1 Å². The highest BCUT2D eigenvalue weighted by Crippen LogP contribution is 2.08. The van der Waals surface area contributed by atoms with Gasteiger partial charge in [0.25, 0.3) is 0 Å². The predicted octanol–water partition coefficient (Wildman–Crippen LogP) is 3.52. The number of nitrogens with zero attached hydrogens (tertiary/aromatic N) is 1. The van der Waals surface area contributed by atoms with Crippen LogP contribution in [0.2, 0.25) is 0 Å². The van der Waals surface area contributed by atoms with Crippen LogP contribution in [0, 0.1) is 13.8 Å². The van der Waals surface area contributed by atoms with Gasteiger partial charge in [0, 0.05) is 18.3 Å². The third kappa shape index (κ3) is 5.39. The third-order valence-electron chi connectivity index (χ3n) is 2.61. The zero-order chi connectivity index (χ0) is 13.2. The molecule has 0 saturated carbocycles. The molecule has 1 aromatic carbocycles. The van der Waals surface area contributed by atoms with Crippen LogP contribution in [0.3, 0.4) is 0 Å². The molecule has 2 aromatic rings. The molecule has 0 saturated heterocycles. The maximum absolute atomic E-state index is 10.1. The van der Waals surface area contributed by atoms with Gasteiger partial charge in [0.2, 0.25) is 0 Å². The molecular weight excluding hydrogens is 222 g/mol. The fourth-order valence-electron chi connectivity index (χ4n) is 1.55. The highest BCUT2D eigenvalue weighted by atomic mass is 16.1. The topological polar surface area (TPSA) is 30.0 Å². The zero-order valence-corrected chi connectivity index (χ0v) is 11.0. The Kier molecular flexibility index (Phi) is 6.41. The van der Waals surface area contributed by atoms with Crippen LogP contribution in [0.4, 0.5) is 0 Å². The quantitative estimate of drug-likeness (QED) is 0.770. The molecule has 1 aromatic heterocycles. The van der Waals surface area contributed by atoms with E-state index in [0.717, 1.165) is 18.4 Å². The lowest BCUT2D eigenvalue weighted by Crippen LogP contribution is -1.88. The van der Waals surface area contributed by atoms with Crippen LogP contribution in [0.1, 0.15) is 23.2 Å². The molecule has 0 aliphatic carbocycles. The number of hydrogen-bond donors (Lipinski definition) is 0. The standard InChI is InChI=1S/C10H12O.C6H7N/c1-9-5-2-3-6-10(9)7-4-8-11;1-6-4-2-3-5-7-6/h2-3,5-6,8H,4,7H2,1H3;2-5H,1H3. The Bertz CT molecular complexity index is 466. The minimum Gasteiger partial charge on any atom is -0.303 e. The molecule has 0 unspecified atom stereocenters. The summed E-state index contributed by atoms with van der Waals surface area (Å²) in [7, 11) is 0. The average Bonchev–Trinajstić information content (AvgIpc) is 2.39. The predicted molar refractivity (Wildman–Crippen MR) is 74.5 cm³/mol. The lowest BCUT2D eigenvalue weighted by atomic mass is 10.1. The summed E-state index contributed by atoms with van der Waals surface area (Å²) in [5, 5.41) is 0. The van der Waals surface area contributed by atoms with Gasteiger partial charge in [0.1, 0.15) is 6.29 Å². The van der Waals surface area contributed by atoms with Crippen molar-refractivity contribution in [2.45, 2.75) is 26.7 Å². The molecule has 2 heteroatoms. The fraction of sp³-hybridized carbons (Fsp3) is 0.250. The highest BCUT2D eigenvalue weighted by molar-refractivity contribution is 5.50. The molecule has 0 aliphatic heterocycles. The number of aryl methyl sites for hydroxylation is 3. The minimum absolute atomic E-state index is 0.630. The van der Waals surface area contributed by atoms with Crippen molar-refractivity contribution in [1.29, 1.82) is 0 Å². The van der Waals surface area contributed by atoms with Crippen LogP contribution in [-0.2, 0) is 11.2 Å². The fourth-order valence-corrected chi connectivity index (χ4v) is 1.55. The second kappa shape index (κ2) is 8.18. The second-order valence-electron chi connectivity index (χ2n) is 4.10. The maximum atomic E-state index is 10.1. The first-order valence-electron chi connectivity index (χ1n) is 6.10. The molecule has 2 nitrogen and oxygen atoms in total. The Hall–Kier alpha value is -1.96.